The summed E-state index contributed by atoms with van der Waals surface area (Å²) in [5.74, 6) is 0.571. The predicted molar refractivity (Wildman–Crippen MR) is 92.0 cm³/mol. The first-order valence-electron chi connectivity index (χ1n) is 7.92. The van der Waals surface area contributed by atoms with Gasteiger partial charge < -0.3 is 0 Å². The van der Waals surface area contributed by atoms with Gasteiger partial charge in [0.2, 0.25) is 0 Å². The van der Waals surface area contributed by atoms with Crippen LogP contribution in [-0.4, -0.2) is 0 Å². The van der Waals surface area contributed by atoms with Crippen LogP contribution in [0, 0.1) is 11.7 Å². The average molecular weight is 292 g/mol. The number of benzene rings is 2. The highest BCUT2D eigenvalue weighted by Crippen LogP contribution is 2.32. The van der Waals surface area contributed by atoms with Crippen molar-refractivity contribution in [3.63, 3.8) is 0 Å². The van der Waals surface area contributed by atoms with E-state index in [1.165, 1.54) is 29.7 Å². The van der Waals surface area contributed by atoms with Crippen molar-refractivity contribution in [2.45, 2.75) is 25.7 Å². The fraction of sp³-hybridized carbons (Fsp3) is 0.238. The molecule has 0 bridgehead atoms. The maximum Gasteiger partial charge on any atom is 0.123 e. The SMILES string of the molecule is C=CCC1CC=C(c2ccc(-c3ccc(F)cc3)cc2)CC1. The summed E-state index contributed by atoms with van der Waals surface area (Å²) in [6, 6.07) is 15.3. The van der Waals surface area contributed by atoms with Crippen LogP contribution in [0.25, 0.3) is 16.7 Å². The van der Waals surface area contributed by atoms with Gasteiger partial charge in [0.25, 0.3) is 0 Å². The van der Waals surface area contributed by atoms with Gasteiger partial charge in [-0.1, -0.05) is 48.6 Å². The van der Waals surface area contributed by atoms with Gasteiger partial charge in [-0.25, -0.2) is 4.39 Å². The predicted octanol–water partition coefficient (Wildman–Crippen LogP) is 6.25. The van der Waals surface area contributed by atoms with Crippen LogP contribution < -0.4 is 0 Å². The molecule has 0 amide bonds. The van der Waals surface area contributed by atoms with Crippen molar-refractivity contribution in [3.05, 3.63) is 78.6 Å². The normalized spacial score (nSPS) is 17.9. The maximum atomic E-state index is 13.0. The molecule has 3 rings (SSSR count). The third-order valence-electron chi connectivity index (χ3n) is 4.45. The molecule has 1 heteroatoms. The minimum absolute atomic E-state index is 0.193. The highest BCUT2D eigenvalue weighted by Gasteiger charge is 2.14. The van der Waals surface area contributed by atoms with Gasteiger partial charge in [0.15, 0.2) is 0 Å². The Morgan fingerprint density at radius 1 is 0.955 bits per heavy atom. The molecule has 1 atom stereocenters. The second-order valence-corrected chi connectivity index (χ2v) is 5.98. The molecule has 0 N–H and O–H groups in total. The van der Waals surface area contributed by atoms with Gasteiger partial charge in [-0.3, -0.25) is 0 Å². The molecule has 2 aromatic rings. The molecule has 0 saturated heterocycles. The molecular weight excluding hydrogens is 271 g/mol. The second kappa shape index (κ2) is 6.74. The third-order valence-corrected chi connectivity index (χ3v) is 4.45. The quantitative estimate of drug-likeness (QED) is 0.584. The first kappa shape index (κ1) is 14.8. The summed E-state index contributed by atoms with van der Waals surface area (Å²) >= 11 is 0. The Kier molecular flexibility index (Phi) is 4.53. The Morgan fingerprint density at radius 3 is 2.09 bits per heavy atom. The zero-order chi connectivity index (χ0) is 15.4. The van der Waals surface area contributed by atoms with E-state index in [4.69, 9.17) is 0 Å². The van der Waals surface area contributed by atoms with Crippen LogP contribution in [0.4, 0.5) is 4.39 Å². The fourth-order valence-electron chi connectivity index (χ4n) is 3.12. The molecule has 0 radical (unpaired) electrons. The van der Waals surface area contributed by atoms with Crippen LogP contribution >= 0.6 is 0 Å². The standard InChI is InChI=1S/C21H21F/c1-2-3-16-4-6-17(7-5-16)18-8-10-19(11-9-18)20-12-14-21(22)15-13-20/h2,6,8-16H,1,3-5,7H2. The number of halogens is 1. The maximum absolute atomic E-state index is 13.0. The number of hydrogen-bond donors (Lipinski definition) is 0. The molecule has 0 aromatic heterocycles. The molecule has 0 saturated carbocycles. The zero-order valence-corrected chi connectivity index (χ0v) is 12.8. The lowest BCUT2D eigenvalue weighted by molar-refractivity contribution is 0.492. The minimum atomic E-state index is -0.193. The first-order valence-corrected chi connectivity index (χ1v) is 7.92. The van der Waals surface area contributed by atoms with Crippen molar-refractivity contribution in [1.82, 2.24) is 0 Å². The van der Waals surface area contributed by atoms with Crippen molar-refractivity contribution >= 4 is 5.57 Å². The van der Waals surface area contributed by atoms with Gasteiger partial charge in [-0.2, -0.15) is 0 Å². The lowest BCUT2D eigenvalue weighted by atomic mass is 9.84. The average Bonchev–Trinajstić information content (AvgIpc) is 2.57. The van der Waals surface area contributed by atoms with E-state index in [0.29, 0.717) is 0 Å². The van der Waals surface area contributed by atoms with Crippen LogP contribution in [0.3, 0.4) is 0 Å². The van der Waals surface area contributed by atoms with E-state index >= 15 is 0 Å². The molecule has 0 heterocycles. The molecule has 1 unspecified atom stereocenters. The smallest absolute Gasteiger partial charge is 0.123 e. The molecule has 112 valence electrons. The molecule has 1 aliphatic rings. The van der Waals surface area contributed by atoms with Crippen molar-refractivity contribution in [1.29, 1.82) is 0 Å². The minimum Gasteiger partial charge on any atom is -0.207 e. The number of hydrogen-bond acceptors (Lipinski definition) is 0. The summed E-state index contributed by atoms with van der Waals surface area (Å²) in [5, 5.41) is 0. The molecule has 0 fully saturated rings. The largest absolute Gasteiger partial charge is 0.207 e. The van der Waals surface area contributed by atoms with E-state index in [2.05, 4.69) is 36.9 Å². The Bertz CT molecular complexity index is 662. The van der Waals surface area contributed by atoms with Crippen molar-refractivity contribution in [2.75, 3.05) is 0 Å². The molecule has 0 aliphatic heterocycles. The van der Waals surface area contributed by atoms with E-state index in [0.717, 1.165) is 36.3 Å². The Labute approximate surface area is 132 Å². The molecule has 22 heavy (non-hydrogen) atoms. The van der Waals surface area contributed by atoms with Gasteiger partial charge in [-0.05, 0) is 66.0 Å². The Hall–Kier alpha value is -2.15. The summed E-state index contributed by atoms with van der Waals surface area (Å²) in [6.45, 7) is 3.83. The van der Waals surface area contributed by atoms with E-state index in [-0.39, 0.29) is 5.82 Å². The van der Waals surface area contributed by atoms with Gasteiger partial charge in [0.1, 0.15) is 5.82 Å². The van der Waals surface area contributed by atoms with Crippen LogP contribution in [-0.2, 0) is 0 Å². The highest BCUT2D eigenvalue weighted by molar-refractivity contribution is 5.70. The van der Waals surface area contributed by atoms with E-state index < -0.39 is 0 Å². The monoisotopic (exact) mass is 292 g/mol. The topological polar surface area (TPSA) is 0 Å². The first-order chi connectivity index (χ1) is 10.8. The van der Waals surface area contributed by atoms with E-state index in [1.807, 2.05) is 18.2 Å². The molecular formula is C21H21F. The third kappa shape index (κ3) is 3.36. The lowest BCUT2D eigenvalue weighted by Gasteiger charge is -2.21. The van der Waals surface area contributed by atoms with Crippen LogP contribution in [0.2, 0.25) is 0 Å². The van der Waals surface area contributed by atoms with Gasteiger partial charge in [0.05, 0.1) is 0 Å². The highest BCUT2D eigenvalue weighted by atomic mass is 19.1. The molecule has 0 spiro atoms. The number of rotatable bonds is 4. The molecule has 1 aliphatic carbocycles. The zero-order valence-electron chi connectivity index (χ0n) is 12.8. The fourth-order valence-corrected chi connectivity index (χ4v) is 3.12. The second-order valence-electron chi connectivity index (χ2n) is 5.98. The van der Waals surface area contributed by atoms with Crippen molar-refractivity contribution < 1.29 is 4.39 Å². The van der Waals surface area contributed by atoms with Gasteiger partial charge in [-0.15, -0.1) is 6.58 Å². The van der Waals surface area contributed by atoms with Crippen LogP contribution in [0.15, 0.2) is 67.3 Å². The molecule has 2 aromatic carbocycles. The summed E-state index contributed by atoms with van der Waals surface area (Å²) in [6.07, 6.45) is 9.08. The van der Waals surface area contributed by atoms with Gasteiger partial charge in [0, 0.05) is 0 Å². The van der Waals surface area contributed by atoms with Crippen LogP contribution in [0.1, 0.15) is 31.2 Å². The lowest BCUT2D eigenvalue weighted by Crippen LogP contribution is -2.04. The van der Waals surface area contributed by atoms with Gasteiger partial charge >= 0.3 is 0 Å². The van der Waals surface area contributed by atoms with E-state index in [1.54, 1.807) is 0 Å². The summed E-state index contributed by atoms with van der Waals surface area (Å²) < 4.78 is 13.0. The molecule has 0 nitrogen and oxygen atoms in total. The van der Waals surface area contributed by atoms with E-state index in [9.17, 15) is 4.39 Å². The summed E-state index contributed by atoms with van der Waals surface area (Å²) in [4.78, 5) is 0. The number of allylic oxidation sites excluding steroid dienone is 3. The Balaban J connectivity index is 1.74. The Morgan fingerprint density at radius 2 is 1.55 bits per heavy atom. The summed E-state index contributed by atoms with van der Waals surface area (Å²) in [5.41, 5.74) is 4.94. The van der Waals surface area contributed by atoms with Crippen LogP contribution in [0.5, 0.6) is 0 Å². The summed E-state index contributed by atoms with van der Waals surface area (Å²) in [7, 11) is 0. The van der Waals surface area contributed by atoms with Crippen molar-refractivity contribution in [3.8, 4) is 11.1 Å². The van der Waals surface area contributed by atoms with Crippen molar-refractivity contribution in [2.24, 2.45) is 5.92 Å².